The van der Waals surface area contributed by atoms with E-state index >= 15 is 0 Å². The molecule has 1 rings (SSSR count). The highest BCUT2D eigenvalue weighted by Gasteiger charge is 2.14. The van der Waals surface area contributed by atoms with Crippen molar-refractivity contribution in [3.63, 3.8) is 0 Å². The third-order valence-electron chi connectivity index (χ3n) is 2.98. The van der Waals surface area contributed by atoms with Gasteiger partial charge in [-0.25, -0.2) is 4.79 Å². The molecular formula is C16H22N2O3. The lowest BCUT2D eigenvalue weighted by atomic mass is 10.0. The molecule has 114 valence electrons. The van der Waals surface area contributed by atoms with Gasteiger partial charge in [0.05, 0.1) is 13.2 Å². The molecule has 0 spiro atoms. The third kappa shape index (κ3) is 4.63. The Morgan fingerprint density at radius 3 is 2.24 bits per heavy atom. The normalized spacial score (nSPS) is 11.0. The zero-order valence-corrected chi connectivity index (χ0v) is 13.2. The first-order chi connectivity index (χ1) is 9.88. The Labute approximate surface area is 125 Å². The van der Waals surface area contributed by atoms with Crippen LogP contribution in [0.3, 0.4) is 0 Å². The molecule has 0 aromatic heterocycles. The van der Waals surface area contributed by atoms with Gasteiger partial charge in [0.15, 0.2) is 0 Å². The molecule has 0 heterocycles. The van der Waals surface area contributed by atoms with E-state index < -0.39 is 5.97 Å². The van der Waals surface area contributed by atoms with E-state index in [-0.39, 0.29) is 11.6 Å². The van der Waals surface area contributed by atoms with Crippen LogP contribution in [0.15, 0.2) is 23.9 Å². The van der Waals surface area contributed by atoms with E-state index in [9.17, 15) is 9.59 Å². The van der Waals surface area contributed by atoms with Crippen LogP contribution < -0.4 is 10.6 Å². The highest BCUT2D eigenvalue weighted by atomic mass is 16.5. The Bertz CT molecular complexity index is 554. The fourth-order valence-corrected chi connectivity index (χ4v) is 2.10. The number of anilines is 1. The number of hydrogen-bond donors (Lipinski definition) is 2. The number of rotatable bonds is 5. The fourth-order valence-electron chi connectivity index (χ4n) is 2.10. The van der Waals surface area contributed by atoms with Crippen molar-refractivity contribution in [2.75, 3.05) is 19.0 Å². The summed E-state index contributed by atoms with van der Waals surface area (Å²) >= 11 is 0. The van der Waals surface area contributed by atoms with E-state index in [4.69, 9.17) is 0 Å². The maximum atomic E-state index is 12.0. The number of hydrogen-bond acceptors (Lipinski definition) is 4. The van der Waals surface area contributed by atoms with Crippen molar-refractivity contribution in [3.8, 4) is 0 Å². The Kier molecular flexibility index (Phi) is 5.96. The summed E-state index contributed by atoms with van der Waals surface area (Å²) in [7, 11) is 1.27. The van der Waals surface area contributed by atoms with Gasteiger partial charge >= 0.3 is 5.97 Å². The minimum Gasteiger partial charge on any atom is -0.466 e. The maximum Gasteiger partial charge on any atom is 0.332 e. The van der Waals surface area contributed by atoms with E-state index in [1.165, 1.54) is 7.11 Å². The molecule has 1 aromatic rings. The monoisotopic (exact) mass is 290 g/mol. The molecule has 1 amide bonds. The first kappa shape index (κ1) is 16.8. The molecule has 0 unspecified atom stereocenters. The summed E-state index contributed by atoms with van der Waals surface area (Å²) in [6.45, 7) is 8.21. The molecule has 5 nitrogen and oxygen atoms in total. The van der Waals surface area contributed by atoms with Crippen molar-refractivity contribution in [1.82, 2.24) is 5.32 Å². The predicted octanol–water partition coefficient (Wildman–Crippen LogP) is 2.22. The van der Waals surface area contributed by atoms with E-state index in [2.05, 4.69) is 15.4 Å². The zero-order chi connectivity index (χ0) is 16.0. The van der Waals surface area contributed by atoms with Crippen molar-refractivity contribution in [1.29, 1.82) is 0 Å². The van der Waals surface area contributed by atoms with Crippen LogP contribution in [0.5, 0.6) is 0 Å². The fraction of sp³-hybridized carbons (Fsp3) is 0.375. The molecule has 0 aliphatic heterocycles. The minimum absolute atomic E-state index is 0.166. The van der Waals surface area contributed by atoms with Gasteiger partial charge in [0.2, 0.25) is 0 Å². The van der Waals surface area contributed by atoms with Gasteiger partial charge in [0.1, 0.15) is 5.70 Å². The minimum atomic E-state index is -0.578. The van der Waals surface area contributed by atoms with Crippen LogP contribution in [-0.4, -0.2) is 25.5 Å². The average molecular weight is 290 g/mol. The standard InChI is InChI=1S/C16H22N2O3/c1-6-17-16(20)13(9-14(19)21-5)18-15-11(3)7-10(2)8-12(15)4/h7-9,18H,6H2,1-5H3,(H,17,20)/b13-9-. The van der Waals surface area contributed by atoms with Gasteiger partial charge in [-0.05, 0) is 38.8 Å². The highest BCUT2D eigenvalue weighted by Crippen LogP contribution is 2.23. The van der Waals surface area contributed by atoms with Crippen LogP contribution in [0, 0.1) is 20.8 Å². The van der Waals surface area contributed by atoms with E-state index in [0.29, 0.717) is 6.54 Å². The lowest BCUT2D eigenvalue weighted by Gasteiger charge is -2.16. The van der Waals surface area contributed by atoms with Gasteiger partial charge in [-0.15, -0.1) is 0 Å². The number of esters is 1. The summed E-state index contributed by atoms with van der Waals surface area (Å²) in [4.78, 5) is 23.5. The van der Waals surface area contributed by atoms with Crippen LogP contribution in [0.25, 0.3) is 0 Å². The molecule has 0 aliphatic carbocycles. The number of ether oxygens (including phenoxy) is 1. The predicted molar refractivity (Wildman–Crippen MR) is 83.1 cm³/mol. The highest BCUT2D eigenvalue weighted by molar-refractivity contribution is 6.02. The van der Waals surface area contributed by atoms with Gasteiger partial charge in [-0.1, -0.05) is 17.7 Å². The molecule has 0 aliphatic rings. The summed E-state index contributed by atoms with van der Waals surface area (Å²) in [5.41, 5.74) is 4.15. The van der Waals surface area contributed by atoms with Crippen LogP contribution in [-0.2, 0) is 14.3 Å². The smallest absolute Gasteiger partial charge is 0.332 e. The first-order valence-corrected chi connectivity index (χ1v) is 6.81. The molecule has 0 bridgehead atoms. The molecular weight excluding hydrogens is 268 g/mol. The average Bonchev–Trinajstić information content (AvgIpc) is 2.41. The number of likely N-dealkylation sites (N-methyl/N-ethyl adjacent to an activating group) is 1. The van der Waals surface area contributed by atoms with Gasteiger partial charge in [-0.3, -0.25) is 4.79 Å². The summed E-state index contributed by atoms with van der Waals surface area (Å²) in [5, 5.41) is 5.71. The molecule has 1 aromatic carbocycles. The quantitative estimate of drug-likeness (QED) is 0.644. The Balaban J connectivity index is 3.16. The Morgan fingerprint density at radius 1 is 1.19 bits per heavy atom. The second-order valence-corrected chi connectivity index (χ2v) is 4.84. The zero-order valence-electron chi connectivity index (χ0n) is 13.2. The van der Waals surface area contributed by atoms with Crippen molar-refractivity contribution in [3.05, 3.63) is 40.6 Å². The van der Waals surface area contributed by atoms with Crippen LogP contribution in [0.2, 0.25) is 0 Å². The Hall–Kier alpha value is -2.30. The molecule has 0 fully saturated rings. The molecule has 5 heteroatoms. The number of nitrogens with one attached hydrogen (secondary N) is 2. The number of carbonyl (C=O) groups is 2. The van der Waals surface area contributed by atoms with Gasteiger partial charge in [0.25, 0.3) is 5.91 Å². The molecule has 2 N–H and O–H groups in total. The van der Waals surface area contributed by atoms with Gasteiger partial charge < -0.3 is 15.4 Å². The van der Waals surface area contributed by atoms with Crippen LogP contribution in [0.4, 0.5) is 5.69 Å². The van der Waals surface area contributed by atoms with Crippen molar-refractivity contribution in [2.24, 2.45) is 0 Å². The van der Waals surface area contributed by atoms with Crippen molar-refractivity contribution < 1.29 is 14.3 Å². The number of methoxy groups -OCH3 is 1. The van der Waals surface area contributed by atoms with E-state index in [1.54, 1.807) is 0 Å². The molecule has 0 saturated carbocycles. The summed E-state index contributed by atoms with van der Waals surface area (Å²) in [6.07, 6.45) is 1.16. The van der Waals surface area contributed by atoms with Crippen molar-refractivity contribution >= 4 is 17.6 Å². The van der Waals surface area contributed by atoms with E-state index in [1.807, 2.05) is 39.8 Å². The third-order valence-corrected chi connectivity index (χ3v) is 2.98. The lowest BCUT2D eigenvalue weighted by molar-refractivity contribution is -0.135. The number of amides is 1. The molecule has 0 radical (unpaired) electrons. The lowest BCUT2D eigenvalue weighted by Crippen LogP contribution is -2.29. The Morgan fingerprint density at radius 2 is 1.76 bits per heavy atom. The van der Waals surface area contributed by atoms with Crippen molar-refractivity contribution in [2.45, 2.75) is 27.7 Å². The number of carbonyl (C=O) groups excluding carboxylic acids is 2. The second-order valence-electron chi connectivity index (χ2n) is 4.84. The molecule has 21 heavy (non-hydrogen) atoms. The first-order valence-electron chi connectivity index (χ1n) is 6.81. The molecule has 0 atom stereocenters. The second kappa shape index (κ2) is 7.47. The molecule has 0 saturated heterocycles. The van der Waals surface area contributed by atoms with Crippen LogP contribution >= 0.6 is 0 Å². The van der Waals surface area contributed by atoms with Gasteiger partial charge in [-0.2, -0.15) is 0 Å². The topological polar surface area (TPSA) is 67.4 Å². The summed E-state index contributed by atoms with van der Waals surface area (Å²) in [6, 6.07) is 4.03. The maximum absolute atomic E-state index is 12.0. The van der Waals surface area contributed by atoms with Crippen LogP contribution in [0.1, 0.15) is 23.6 Å². The largest absolute Gasteiger partial charge is 0.466 e. The summed E-state index contributed by atoms with van der Waals surface area (Å²) in [5.74, 6) is -0.923. The van der Waals surface area contributed by atoms with Gasteiger partial charge in [0, 0.05) is 12.2 Å². The number of aryl methyl sites for hydroxylation is 3. The number of benzene rings is 1. The summed E-state index contributed by atoms with van der Waals surface area (Å²) < 4.78 is 4.59. The van der Waals surface area contributed by atoms with E-state index in [0.717, 1.165) is 28.5 Å². The SMILES string of the molecule is CCNC(=O)/C(=C/C(=O)OC)Nc1c(C)cc(C)cc1C.